The molecule has 0 radical (unpaired) electrons. The standard InChI is InChI=1S/C20H24O9/c1-7-4-10(21)13(23)17(3)9(7)5-11-18-6-28-20(27,16(17)18)12(22)8(2)19(18,26)14(24)15(25)29-11/h4,9,11-14,16,22-24,26-27H,2,5-6H2,1,3H3/t9-,11-,12-,13-,14+,16+,17-,18-,19+,20-/m1/s1. The largest absolute Gasteiger partial charge is 0.460 e. The average molecular weight is 408 g/mol. The maximum absolute atomic E-state index is 12.5. The highest BCUT2D eigenvalue weighted by Crippen LogP contribution is 2.74. The highest BCUT2D eigenvalue weighted by atomic mass is 16.7. The van der Waals surface area contributed by atoms with Crippen molar-refractivity contribution >= 4 is 11.8 Å². The molecule has 10 atom stereocenters. The molecule has 9 heteroatoms. The Hall–Kier alpha value is -1.62. The van der Waals surface area contributed by atoms with E-state index in [-0.39, 0.29) is 18.6 Å². The average Bonchev–Trinajstić information content (AvgIpc) is 2.98. The molecular weight excluding hydrogens is 384 g/mol. The Bertz CT molecular complexity index is 896. The maximum atomic E-state index is 12.5. The summed E-state index contributed by atoms with van der Waals surface area (Å²) in [5.41, 5.74) is -5.06. The van der Waals surface area contributed by atoms with E-state index in [1.165, 1.54) is 6.08 Å². The zero-order chi connectivity index (χ0) is 21.3. The van der Waals surface area contributed by atoms with Gasteiger partial charge < -0.3 is 35.0 Å². The summed E-state index contributed by atoms with van der Waals surface area (Å²) >= 11 is 0. The monoisotopic (exact) mass is 408 g/mol. The molecule has 9 nitrogen and oxygen atoms in total. The Kier molecular flexibility index (Phi) is 3.44. The lowest BCUT2D eigenvalue weighted by molar-refractivity contribution is -0.337. The lowest BCUT2D eigenvalue weighted by Gasteiger charge is -2.69. The van der Waals surface area contributed by atoms with Gasteiger partial charge in [-0.05, 0) is 30.9 Å². The number of ketones is 1. The minimum absolute atomic E-state index is 0.142. The zero-order valence-corrected chi connectivity index (χ0v) is 16.0. The van der Waals surface area contributed by atoms with Crippen molar-refractivity contribution in [3.63, 3.8) is 0 Å². The molecule has 4 fully saturated rings. The van der Waals surface area contributed by atoms with Gasteiger partial charge in [-0.15, -0.1) is 0 Å². The summed E-state index contributed by atoms with van der Waals surface area (Å²) in [7, 11) is 0. The number of rotatable bonds is 0. The van der Waals surface area contributed by atoms with Crippen LogP contribution >= 0.6 is 0 Å². The third-order valence-electron chi connectivity index (χ3n) is 8.44. The number of hydrogen-bond donors (Lipinski definition) is 5. The molecule has 29 heavy (non-hydrogen) atoms. The van der Waals surface area contributed by atoms with Crippen LogP contribution in [0.4, 0.5) is 0 Å². The van der Waals surface area contributed by atoms with Crippen LogP contribution < -0.4 is 0 Å². The Morgan fingerprint density at radius 3 is 2.45 bits per heavy atom. The van der Waals surface area contributed by atoms with Crippen molar-refractivity contribution in [1.29, 1.82) is 0 Å². The molecule has 1 spiro atoms. The van der Waals surface area contributed by atoms with Gasteiger partial charge in [0.25, 0.3) is 0 Å². The molecule has 2 saturated heterocycles. The number of aliphatic hydroxyl groups is 5. The van der Waals surface area contributed by atoms with Gasteiger partial charge in [-0.25, -0.2) is 4.79 Å². The molecule has 3 aliphatic carbocycles. The fraction of sp³-hybridized carbons (Fsp3) is 0.700. The first-order valence-corrected chi connectivity index (χ1v) is 9.63. The number of esters is 1. The van der Waals surface area contributed by atoms with E-state index in [0.29, 0.717) is 5.57 Å². The molecule has 2 heterocycles. The molecule has 5 aliphatic rings. The van der Waals surface area contributed by atoms with Crippen LogP contribution in [0.25, 0.3) is 0 Å². The Morgan fingerprint density at radius 2 is 1.79 bits per heavy atom. The van der Waals surface area contributed by atoms with E-state index < -0.39 is 70.2 Å². The lowest BCUT2D eigenvalue weighted by Crippen LogP contribution is -2.82. The van der Waals surface area contributed by atoms with Gasteiger partial charge in [-0.1, -0.05) is 19.1 Å². The highest BCUT2D eigenvalue weighted by Gasteiger charge is 2.87. The lowest BCUT2D eigenvalue weighted by atomic mass is 9.37. The second-order valence-electron chi connectivity index (χ2n) is 9.38. The third kappa shape index (κ3) is 1.69. The molecule has 5 N–H and O–H groups in total. The fourth-order valence-corrected chi connectivity index (χ4v) is 7.19. The minimum Gasteiger partial charge on any atom is -0.460 e. The van der Waals surface area contributed by atoms with Crippen molar-refractivity contribution in [2.75, 3.05) is 6.61 Å². The van der Waals surface area contributed by atoms with Crippen LogP contribution in [0.2, 0.25) is 0 Å². The summed E-state index contributed by atoms with van der Waals surface area (Å²) in [6, 6.07) is 0. The van der Waals surface area contributed by atoms with Gasteiger partial charge in [-0.3, -0.25) is 4.79 Å². The van der Waals surface area contributed by atoms with E-state index in [9.17, 15) is 35.1 Å². The van der Waals surface area contributed by atoms with E-state index in [1.807, 2.05) is 0 Å². The van der Waals surface area contributed by atoms with Crippen molar-refractivity contribution in [3.8, 4) is 0 Å². The van der Waals surface area contributed by atoms with E-state index in [4.69, 9.17) is 9.47 Å². The van der Waals surface area contributed by atoms with Gasteiger partial charge in [0.1, 0.15) is 23.9 Å². The molecule has 0 aromatic carbocycles. The van der Waals surface area contributed by atoms with Crippen molar-refractivity contribution in [2.45, 2.75) is 56.1 Å². The van der Waals surface area contributed by atoms with Crippen molar-refractivity contribution < 1.29 is 44.6 Å². The summed E-state index contributed by atoms with van der Waals surface area (Å²) in [6.45, 7) is 6.62. The second-order valence-corrected chi connectivity index (χ2v) is 9.38. The van der Waals surface area contributed by atoms with Crippen LogP contribution in [0, 0.1) is 22.7 Å². The van der Waals surface area contributed by atoms with Crippen LogP contribution in [0.1, 0.15) is 20.3 Å². The summed E-state index contributed by atoms with van der Waals surface area (Å²) in [4.78, 5) is 25.0. The number of hydrogen-bond acceptors (Lipinski definition) is 9. The molecule has 0 unspecified atom stereocenters. The predicted octanol–water partition coefficient (Wildman–Crippen LogP) is -1.83. The SMILES string of the molecule is C=C1[C@@H](O)[C@@]2(O)OC[C@@]34[C@@H](C[C@@H]5C(C)=CC(=O)[C@@H](O)[C@]5(C)[C@H]23)OC(=O)[C@H](O)[C@@]14O. The number of fused-ring (bicyclic) bond motifs is 1. The van der Waals surface area contributed by atoms with Gasteiger partial charge in [0.05, 0.1) is 12.0 Å². The number of carbonyl (C=O) groups excluding carboxylic acids is 2. The van der Waals surface area contributed by atoms with E-state index in [1.54, 1.807) is 13.8 Å². The summed E-state index contributed by atoms with van der Waals surface area (Å²) in [5.74, 6) is -5.66. The van der Waals surface area contributed by atoms with Gasteiger partial charge >= 0.3 is 5.97 Å². The number of allylic oxidation sites excluding steroid dienone is 1. The van der Waals surface area contributed by atoms with Crippen LogP contribution in [-0.2, 0) is 19.1 Å². The molecule has 2 aliphatic heterocycles. The quantitative estimate of drug-likeness (QED) is 0.230. The van der Waals surface area contributed by atoms with Crippen molar-refractivity contribution in [2.24, 2.45) is 22.7 Å². The summed E-state index contributed by atoms with van der Waals surface area (Å²) in [5, 5.41) is 55.7. The van der Waals surface area contributed by atoms with Gasteiger partial charge in [0.15, 0.2) is 11.9 Å². The normalized spacial score (nSPS) is 58.3. The molecular formula is C20H24O9. The first kappa shape index (κ1) is 19.3. The predicted molar refractivity (Wildman–Crippen MR) is 93.8 cm³/mol. The minimum atomic E-state index is -2.37. The zero-order valence-electron chi connectivity index (χ0n) is 16.0. The van der Waals surface area contributed by atoms with E-state index in [0.717, 1.165) is 0 Å². The summed E-state index contributed by atoms with van der Waals surface area (Å²) < 4.78 is 11.1. The Balaban J connectivity index is 1.85. The van der Waals surface area contributed by atoms with Crippen LogP contribution in [-0.4, -0.2) is 79.7 Å². The van der Waals surface area contributed by atoms with Gasteiger partial charge in [0, 0.05) is 11.3 Å². The maximum Gasteiger partial charge on any atom is 0.338 e. The third-order valence-corrected chi connectivity index (χ3v) is 8.44. The van der Waals surface area contributed by atoms with Crippen molar-refractivity contribution in [3.05, 3.63) is 23.8 Å². The summed E-state index contributed by atoms with van der Waals surface area (Å²) in [6.07, 6.45) is -5.01. The number of carbonyl (C=O) groups is 2. The molecule has 158 valence electrons. The van der Waals surface area contributed by atoms with E-state index >= 15 is 0 Å². The first-order valence-electron chi connectivity index (χ1n) is 9.63. The second kappa shape index (κ2) is 5.16. The molecule has 5 rings (SSSR count). The Labute approximate surface area is 166 Å². The highest BCUT2D eigenvalue weighted by molar-refractivity contribution is 5.96. The van der Waals surface area contributed by atoms with Crippen LogP contribution in [0.3, 0.4) is 0 Å². The topological polar surface area (TPSA) is 154 Å². The molecule has 0 aromatic heterocycles. The van der Waals surface area contributed by atoms with Crippen LogP contribution in [0.5, 0.6) is 0 Å². The number of aliphatic hydroxyl groups excluding tert-OH is 3. The smallest absolute Gasteiger partial charge is 0.338 e. The number of ether oxygens (including phenoxy) is 2. The van der Waals surface area contributed by atoms with Crippen molar-refractivity contribution in [1.82, 2.24) is 0 Å². The first-order chi connectivity index (χ1) is 13.4. The van der Waals surface area contributed by atoms with Crippen LogP contribution in [0.15, 0.2) is 23.8 Å². The molecule has 0 amide bonds. The fourth-order valence-electron chi connectivity index (χ4n) is 7.19. The Morgan fingerprint density at radius 1 is 1.14 bits per heavy atom. The van der Waals surface area contributed by atoms with E-state index in [2.05, 4.69) is 6.58 Å². The van der Waals surface area contributed by atoms with Gasteiger partial charge in [0.2, 0.25) is 5.79 Å². The molecule has 0 aromatic rings. The van der Waals surface area contributed by atoms with Gasteiger partial charge in [-0.2, -0.15) is 0 Å². The molecule has 2 bridgehead atoms. The molecule has 2 saturated carbocycles.